The highest BCUT2D eigenvalue weighted by molar-refractivity contribution is 9.10. The largest absolute Gasteiger partial charge is 0.396 e. The molecule has 0 aliphatic heterocycles. The summed E-state index contributed by atoms with van der Waals surface area (Å²) in [4.78, 5) is 12.6. The lowest BCUT2D eigenvalue weighted by molar-refractivity contribution is 0.226. The van der Waals surface area contributed by atoms with Crippen molar-refractivity contribution in [1.82, 2.24) is 15.0 Å². The first-order valence-electron chi connectivity index (χ1n) is 7.37. The van der Waals surface area contributed by atoms with E-state index in [9.17, 15) is 0 Å². The van der Waals surface area contributed by atoms with Gasteiger partial charge in [0.1, 0.15) is 10.4 Å². The Hall–Kier alpha value is -1.36. The quantitative estimate of drug-likeness (QED) is 0.767. The third-order valence-electron chi connectivity index (χ3n) is 6.03. The van der Waals surface area contributed by atoms with E-state index in [4.69, 9.17) is 10.7 Å². The van der Waals surface area contributed by atoms with Gasteiger partial charge in [-0.05, 0) is 40.3 Å². The van der Waals surface area contributed by atoms with Crippen molar-refractivity contribution >= 4 is 21.6 Å². The summed E-state index contributed by atoms with van der Waals surface area (Å²) in [5.41, 5.74) is 10.7. The molecule has 0 spiro atoms. The molecule has 2 aliphatic carbocycles. The molecule has 0 aromatic carbocycles. The average Bonchev–Trinajstić information content (AvgIpc) is 2.99. The smallest absolute Gasteiger partial charge is 0.140 e. The zero-order chi connectivity index (χ0) is 15.0. The van der Waals surface area contributed by atoms with Gasteiger partial charge >= 0.3 is 0 Å². The first-order chi connectivity index (χ1) is 9.86. The second-order valence-electron chi connectivity index (χ2n) is 7.06. The van der Waals surface area contributed by atoms with Crippen LogP contribution in [0.4, 0.5) is 5.69 Å². The Morgan fingerprint density at radius 3 is 2.86 bits per heavy atom. The summed E-state index contributed by atoms with van der Waals surface area (Å²) in [5.74, 6) is 1.44. The van der Waals surface area contributed by atoms with E-state index in [1.165, 1.54) is 24.2 Å². The molecule has 2 aliphatic rings. The van der Waals surface area contributed by atoms with E-state index in [1.807, 2.05) is 6.07 Å². The van der Waals surface area contributed by atoms with Gasteiger partial charge < -0.3 is 10.7 Å². The van der Waals surface area contributed by atoms with E-state index in [0.29, 0.717) is 16.2 Å². The van der Waals surface area contributed by atoms with Crippen LogP contribution in [-0.2, 0) is 5.41 Å². The number of nitrogens with zero attached hydrogens (tertiary/aromatic N) is 2. The molecule has 2 bridgehead atoms. The molecule has 0 saturated heterocycles. The minimum atomic E-state index is 0.167. The predicted octanol–water partition coefficient (Wildman–Crippen LogP) is 3.99. The van der Waals surface area contributed by atoms with E-state index in [1.54, 1.807) is 6.20 Å². The van der Waals surface area contributed by atoms with E-state index in [2.05, 4.69) is 46.7 Å². The molecule has 1 fully saturated rings. The molecule has 110 valence electrons. The molecular formula is C16H19BrN4. The van der Waals surface area contributed by atoms with Crippen LogP contribution in [0.15, 0.2) is 16.9 Å². The number of H-pyrrole nitrogens is 1. The topological polar surface area (TPSA) is 67.6 Å². The molecular weight excluding hydrogens is 328 g/mol. The maximum Gasteiger partial charge on any atom is 0.140 e. The second kappa shape index (κ2) is 3.88. The normalized spacial score (nSPS) is 28.9. The van der Waals surface area contributed by atoms with Gasteiger partial charge in [-0.2, -0.15) is 0 Å². The molecule has 5 heteroatoms. The van der Waals surface area contributed by atoms with Gasteiger partial charge in [0.05, 0.1) is 11.4 Å². The van der Waals surface area contributed by atoms with Crippen molar-refractivity contribution in [2.45, 2.75) is 44.9 Å². The van der Waals surface area contributed by atoms with E-state index >= 15 is 0 Å². The predicted molar refractivity (Wildman–Crippen MR) is 87.0 cm³/mol. The van der Waals surface area contributed by atoms with Gasteiger partial charge in [0.25, 0.3) is 0 Å². The van der Waals surface area contributed by atoms with E-state index < -0.39 is 0 Å². The standard InChI is InChI=1S/C16H19BrN4/c1-15(2)9-4-6-16(15,3)12-11(9)20-14(21-12)8-5-7-19-13(17)10(8)18/h5,7,9H,4,6,18H2,1-3H3,(H,20,21). The number of hydrogen-bond donors (Lipinski definition) is 2. The summed E-state index contributed by atoms with van der Waals surface area (Å²) in [6, 6.07) is 1.92. The molecule has 2 atom stereocenters. The molecule has 4 rings (SSSR count). The van der Waals surface area contributed by atoms with Crippen LogP contribution in [0.3, 0.4) is 0 Å². The number of rotatable bonds is 1. The third-order valence-corrected chi connectivity index (χ3v) is 6.66. The molecule has 4 nitrogen and oxygen atoms in total. The molecule has 2 heterocycles. The number of pyridine rings is 1. The van der Waals surface area contributed by atoms with Gasteiger partial charge in [-0.15, -0.1) is 0 Å². The molecule has 0 radical (unpaired) electrons. The summed E-state index contributed by atoms with van der Waals surface area (Å²) in [6.07, 6.45) is 4.22. The van der Waals surface area contributed by atoms with Crippen LogP contribution in [0.5, 0.6) is 0 Å². The summed E-state index contributed by atoms with van der Waals surface area (Å²) >= 11 is 3.39. The summed E-state index contributed by atoms with van der Waals surface area (Å²) in [6.45, 7) is 7.10. The van der Waals surface area contributed by atoms with Gasteiger partial charge in [-0.1, -0.05) is 20.8 Å². The SMILES string of the molecule is CC12CCC(c3[nH]c(-c4ccnc(Br)c4N)nc31)C2(C)C. The van der Waals surface area contributed by atoms with Gasteiger partial charge in [0, 0.05) is 28.8 Å². The van der Waals surface area contributed by atoms with E-state index in [-0.39, 0.29) is 10.8 Å². The zero-order valence-electron chi connectivity index (χ0n) is 12.5. The third kappa shape index (κ3) is 1.45. The summed E-state index contributed by atoms with van der Waals surface area (Å²) in [7, 11) is 0. The fraction of sp³-hybridized carbons (Fsp3) is 0.500. The first kappa shape index (κ1) is 13.3. The lowest BCUT2D eigenvalue weighted by atomic mass is 9.70. The number of halogens is 1. The van der Waals surface area contributed by atoms with Gasteiger partial charge in [0.2, 0.25) is 0 Å². The molecule has 21 heavy (non-hydrogen) atoms. The Morgan fingerprint density at radius 2 is 2.14 bits per heavy atom. The van der Waals surface area contributed by atoms with Crippen molar-refractivity contribution in [1.29, 1.82) is 0 Å². The zero-order valence-corrected chi connectivity index (χ0v) is 14.1. The summed E-state index contributed by atoms with van der Waals surface area (Å²) in [5, 5.41) is 0. The molecule has 3 N–H and O–H groups in total. The van der Waals surface area contributed by atoms with Crippen molar-refractivity contribution in [2.75, 3.05) is 5.73 Å². The lowest BCUT2D eigenvalue weighted by Crippen LogP contribution is -2.31. The number of hydrogen-bond acceptors (Lipinski definition) is 3. The van der Waals surface area contributed by atoms with Crippen LogP contribution >= 0.6 is 15.9 Å². The van der Waals surface area contributed by atoms with Crippen molar-refractivity contribution in [3.05, 3.63) is 28.3 Å². The van der Waals surface area contributed by atoms with Crippen LogP contribution < -0.4 is 5.73 Å². The number of aromatic amines is 1. The molecule has 2 aromatic heterocycles. The average molecular weight is 347 g/mol. The highest BCUT2D eigenvalue weighted by Crippen LogP contribution is 2.67. The van der Waals surface area contributed by atoms with E-state index in [0.717, 1.165) is 11.4 Å². The molecule has 2 unspecified atom stereocenters. The summed E-state index contributed by atoms with van der Waals surface area (Å²) < 4.78 is 0.672. The molecule has 0 amide bonds. The Balaban J connectivity index is 1.89. The minimum Gasteiger partial charge on any atom is -0.396 e. The Morgan fingerprint density at radius 1 is 1.38 bits per heavy atom. The lowest BCUT2D eigenvalue weighted by Gasteiger charge is -2.34. The highest BCUT2D eigenvalue weighted by Gasteiger charge is 2.61. The van der Waals surface area contributed by atoms with Gasteiger partial charge in [-0.3, -0.25) is 0 Å². The number of fused-ring (bicyclic) bond motifs is 5. The number of nitrogens with two attached hydrogens (primary N) is 1. The van der Waals surface area contributed by atoms with Crippen molar-refractivity contribution in [3.8, 4) is 11.4 Å². The van der Waals surface area contributed by atoms with Gasteiger partial charge in [0.15, 0.2) is 0 Å². The van der Waals surface area contributed by atoms with Crippen molar-refractivity contribution in [2.24, 2.45) is 5.41 Å². The molecule has 2 aromatic rings. The van der Waals surface area contributed by atoms with Crippen LogP contribution in [0.25, 0.3) is 11.4 Å². The fourth-order valence-corrected chi connectivity index (χ4v) is 4.60. The maximum atomic E-state index is 6.14. The number of anilines is 1. The Bertz CT molecular complexity index is 749. The number of nitrogen functional groups attached to an aromatic ring is 1. The second-order valence-corrected chi connectivity index (χ2v) is 7.81. The minimum absolute atomic E-state index is 0.167. The van der Waals surface area contributed by atoms with Crippen LogP contribution in [0.2, 0.25) is 0 Å². The van der Waals surface area contributed by atoms with Gasteiger partial charge in [-0.25, -0.2) is 9.97 Å². The van der Waals surface area contributed by atoms with Crippen LogP contribution in [-0.4, -0.2) is 15.0 Å². The Kier molecular flexibility index (Phi) is 2.46. The number of imidazole rings is 1. The van der Waals surface area contributed by atoms with Crippen molar-refractivity contribution in [3.63, 3.8) is 0 Å². The highest BCUT2D eigenvalue weighted by atomic mass is 79.9. The molecule has 1 saturated carbocycles. The maximum absolute atomic E-state index is 6.14. The van der Waals surface area contributed by atoms with Crippen LogP contribution in [0, 0.1) is 5.41 Å². The van der Waals surface area contributed by atoms with Crippen LogP contribution in [0.1, 0.15) is 50.9 Å². The Labute approximate surface area is 132 Å². The van der Waals surface area contributed by atoms with Crippen molar-refractivity contribution < 1.29 is 0 Å². The fourth-order valence-electron chi connectivity index (χ4n) is 4.27. The first-order valence-corrected chi connectivity index (χ1v) is 8.16. The number of nitrogens with one attached hydrogen (secondary N) is 1. The monoisotopic (exact) mass is 346 g/mol. The number of aromatic nitrogens is 3.